The number of carboxylic acids is 1. The fourth-order valence-corrected chi connectivity index (χ4v) is 4.36. The van der Waals surface area contributed by atoms with Crippen molar-refractivity contribution < 1.29 is 14.7 Å². The number of nitrogens with one attached hydrogen (secondary N) is 3. The zero-order chi connectivity index (χ0) is 24.9. The summed E-state index contributed by atoms with van der Waals surface area (Å²) in [5, 5.41) is 19.3. The number of aliphatic carboxylic acids is 1. The van der Waals surface area contributed by atoms with E-state index in [0.717, 1.165) is 28.9 Å². The molecule has 4 rings (SSSR count). The maximum Gasteiger partial charge on any atom is 0.303 e. The average molecular weight is 490 g/mol. The van der Waals surface area contributed by atoms with E-state index < -0.39 is 5.97 Å². The minimum atomic E-state index is -0.830. The second kappa shape index (κ2) is 10.8. The van der Waals surface area contributed by atoms with Crippen LogP contribution >= 0.6 is 11.6 Å². The lowest BCUT2D eigenvalue weighted by molar-refractivity contribution is -0.137. The monoisotopic (exact) mass is 489 g/mol. The third-order valence-electron chi connectivity index (χ3n) is 6.04. The Morgan fingerprint density at radius 3 is 2.43 bits per heavy atom. The Hall–Kier alpha value is -3.61. The van der Waals surface area contributed by atoms with Gasteiger partial charge in [-0.25, -0.2) is 0 Å². The molecule has 180 valence electrons. The Morgan fingerprint density at radius 2 is 1.77 bits per heavy atom. The third-order valence-corrected chi connectivity index (χ3v) is 6.27. The molecule has 0 saturated carbocycles. The minimum Gasteiger partial charge on any atom is -0.481 e. The van der Waals surface area contributed by atoms with Gasteiger partial charge in [-0.2, -0.15) is 0 Å². The van der Waals surface area contributed by atoms with E-state index >= 15 is 0 Å². The van der Waals surface area contributed by atoms with Crippen molar-refractivity contribution in [2.24, 2.45) is 0 Å². The van der Waals surface area contributed by atoms with Crippen molar-refractivity contribution in [2.75, 3.05) is 17.2 Å². The predicted molar refractivity (Wildman–Crippen MR) is 141 cm³/mol. The van der Waals surface area contributed by atoms with Gasteiger partial charge in [-0.15, -0.1) is 0 Å². The summed E-state index contributed by atoms with van der Waals surface area (Å²) < 4.78 is 0. The van der Waals surface area contributed by atoms with Crippen LogP contribution in [0.5, 0.6) is 0 Å². The molecule has 35 heavy (non-hydrogen) atoms. The highest BCUT2D eigenvalue weighted by molar-refractivity contribution is 6.38. The van der Waals surface area contributed by atoms with Crippen LogP contribution in [0.4, 0.5) is 11.4 Å². The molecule has 1 aliphatic heterocycles. The van der Waals surface area contributed by atoms with Crippen LogP contribution in [0, 0.1) is 0 Å². The number of carbonyl (C=O) groups excluding carboxylic acids is 1. The van der Waals surface area contributed by atoms with Gasteiger partial charge in [0.25, 0.3) is 5.91 Å². The predicted octanol–water partition coefficient (Wildman–Crippen LogP) is 5.96. The van der Waals surface area contributed by atoms with E-state index in [2.05, 4.69) is 41.9 Å². The summed E-state index contributed by atoms with van der Waals surface area (Å²) in [6, 6.07) is 21.3. The maximum absolute atomic E-state index is 13.1. The highest BCUT2D eigenvalue weighted by atomic mass is 35.5. The Kier molecular flexibility index (Phi) is 7.54. The molecule has 0 aromatic heterocycles. The number of aryl methyl sites for hydroxylation is 1. The first kappa shape index (κ1) is 24.5. The summed E-state index contributed by atoms with van der Waals surface area (Å²) in [5.41, 5.74) is 6.41. The van der Waals surface area contributed by atoms with Crippen molar-refractivity contribution in [3.05, 3.63) is 94.0 Å². The quantitative estimate of drug-likeness (QED) is 0.278. The molecule has 0 spiro atoms. The van der Waals surface area contributed by atoms with Gasteiger partial charge in [0.15, 0.2) is 0 Å². The molecule has 1 amide bonds. The fraction of sp³-hybridized carbons (Fsp3) is 0.214. The zero-order valence-corrected chi connectivity index (χ0v) is 20.4. The Morgan fingerprint density at radius 1 is 1.06 bits per heavy atom. The molecule has 6 nitrogen and oxygen atoms in total. The van der Waals surface area contributed by atoms with E-state index in [0.29, 0.717) is 28.4 Å². The normalized spacial score (nSPS) is 14.8. The van der Waals surface area contributed by atoms with Crippen LogP contribution in [-0.2, 0) is 16.0 Å². The number of fused-ring (bicyclic) bond motifs is 1. The summed E-state index contributed by atoms with van der Waals surface area (Å²) in [5.74, 6) is -1.04. The van der Waals surface area contributed by atoms with Gasteiger partial charge in [0.2, 0.25) is 0 Å². The molecule has 0 bridgehead atoms. The van der Waals surface area contributed by atoms with Crippen molar-refractivity contribution in [1.29, 1.82) is 0 Å². The van der Waals surface area contributed by atoms with Crippen LogP contribution < -0.4 is 16.0 Å². The number of benzene rings is 3. The number of anilines is 2. The summed E-state index contributed by atoms with van der Waals surface area (Å²) in [6.45, 7) is 5.09. The summed E-state index contributed by atoms with van der Waals surface area (Å²) >= 11 is 6.15. The summed E-state index contributed by atoms with van der Waals surface area (Å²) in [6.07, 6.45) is 0.516. The fourth-order valence-electron chi connectivity index (χ4n) is 4.19. The molecular weight excluding hydrogens is 462 g/mol. The first-order chi connectivity index (χ1) is 16.9. The molecule has 3 aromatic carbocycles. The lowest BCUT2D eigenvalue weighted by Gasteiger charge is -2.17. The van der Waals surface area contributed by atoms with Crippen LogP contribution in [0.15, 0.2) is 66.7 Å². The zero-order valence-electron chi connectivity index (χ0n) is 19.7. The van der Waals surface area contributed by atoms with E-state index in [9.17, 15) is 9.59 Å². The Balaban J connectivity index is 1.73. The molecule has 1 atom stereocenters. The van der Waals surface area contributed by atoms with E-state index in [4.69, 9.17) is 16.7 Å². The van der Waals surface area contributed by atoms with E-state index in [1.165, 1.54) is 5.56 Å². The van der Waals surface area contributed by atoms with Gasteiger partial charge in [0, 0.05) is 28.7 Å². The van der Waals surface area contributed by atoms with Crippen LogP contribution in [0.2, 0.25) is 5.02 Å². The standard InChI is InChI=1S/C28H28ClN3O3/c1-3-30-17(2)19-9-12-22(13-10-19)31-27(20-7-4-18(5-8-20)6-15-25(33)34)26-23-14-11-21(29)16-24(23)32-28(26)35/h4-5,7-14,16-17,30-31H,3,6,15H2,1-2H3,(H,32,35)(H,33,34). The first-order valence-corrected chi connectivity index (χ1v) is 12.0. The van der Waals surface area contributed by atoms with Gasteiger partial charge >= 0.3 is 5.97 Å². The molecule has 0 radical (unpaired) electrons. The molecular formula is C28H28ClN3O3. The van der Waals surface area contributed by atoms with Crippen LogP contribution in [0.25, 0.3) is 11.3 Å². The van der Waals surface area contributed by atoms with Crippen molar-refractivity contribution >= 4 is 46.1 Å². The van der Waals surface area contributed by atoms with Gasteiger partial charge in [-0.3, -0.25) is 9.59 Å². The topological polar surface area (TPSA) is 90.5 Å². The Bertz CT molecular complexity index is 1270. The lowest BCUT2D eigenvalue weighted by Crippen LogP contribution is -2.17. The van der Waals surface area contributed by atoms with Crippen molar-refractivity contribution in [3.63, 3.8) is 0 Å². The summed E-state index contributed by atoms with van der Waals surface area (Å²) in [7, 11) is 0. The largest absolute Gasteiger partial charge is 0.481 e. The summed E-state index contributed by atoms with van der Waals surface area (Å²) in [4.78, 5) is 24.0. The van der Waals surface area contributed by atoms with Crippen LogP contribution in [-0.4, -0.2) is 23.5 Å². The molecule has 0 aliphatic carbocycles. The average Bonchev–Trinajstić information content (AvgIpc) is 3.16. The molecule has 4 N–H and O–H groups in total. The van der Waals surface area contributed by atoms with Gasteiger partial charge in [-0.1, -0.05) is 61.0 Å². The first-order valence-electron chi connectivity index (χ1n) is 11.6. The molecule has 3 aromatic rings. The minimum absolute atomic E-state index is 0.0692. The van der Waals surface area contributed by atoms with Crippen molar-refractivity contribution in [1.82, 2.24) is 5.32 Å². The molecule has 1 heterocycles. The number of halogens is 1. The molecule has 1 aliphatic rings. The smallest absolute Gasteiger partial charge is 0.303 e. The van der Waals surface area contributed by atoms with E-state index in [1.54, 1.807) is 12.1 Å². The SMILES string of the molecule is CCNC(C)c1ccc(NC(=C2C(=O)Nc3cc(Cl)ccc32)c2ccc(CCC(=O)O)cc2)cc1. The molecule has 0 saturated heterocycles. The second-order valence-corrected chi connectivity index (χ2v) is 8.95. The third kappa shape index (κ3) is 5.73. The Labute approximate surface area is 210 Å². The van der Waals surface area contributed by atoms with Crippen LogP contribution in [0.3, 0.4) is 0 Å². The van der Waals surface area contributed by atoms with Crippen LogP contribution in [0.1, 0.15) is 48.6 Å². The van der Waals surface area contributed by atoms with Crippen molar-refractivity contribution in [2.45, 2.75) is 32.7 Å². The number of rotatable bonds is 9. The van der Waals surface area contributed by atoms with Gasteiger partial charge in [0.05, 0.1) is 17.0 Å². The molecule has 7 heteroatoms. The van der Waals surface area contributed by atoms with Crippen molar-refractivity contribution in [3.8, 4) is 0 Å². The molecule has 1 unspecified atom stereocenters. The number of carbonyl (C=O) groups is 2. The van der Waals surface area contributed by atoms with E-state index in [-0.39, 0.29) is 18.4 Å². The lowest BCUT2D eigenvalue weighted by atomic mass is 9.98. The number of carboxylic acid groups (broad SMARTS) is 1. The highest BCUT2D eigenvalue weighted by Gasteiger charge is 2.28. The maximum atomic E-state index is 13.1. The number of amides is 1. The number of hydrogen-bond donors (Lipinski definition) is 4. The van der Waals surface area contributed by atoms with Gasteiger partial charge < -0.3 is 21.1 Å². The van der Waals surface area contributed by atoms with Gasteiger partial charge in [0.1, 0.15) is 0 Å². The number of hydrogen-bond acceptors (Lipinski definition) is 4. The molecule has 0 fully saturated rings. The highest BCUT2D eigenvalue weighted by Crippen LogP contribution is 2.39. The second-order valence-electron chi connectivity index (χ2n) is 8.51. The van der Waals surface area contributed by atoms with Gasteiger partial charge in [-0.05, 0) is 60.8 Å². The van der Waals surface area contributed by atoms with E-state index in [1.807, 2.05) is 42.5 Å².